The molecule has 0 radical (unpaired) electrons. The number of aryl methyl sites for hydroxylation is 1. The van der Waals surface area contributed by atoms with E-state index >= 15 is 0 Å². The van der Waals surface area contributed by atoms with Gasteiger partial charge in [-0.3, -0.25) is 14.4 Å². The first kappa shape index (κ1) is 19.0. The van der Waals surface area contributed by atoms with E-state index in [-0.39, 0.29) is 18.2 Å². The van der Waals surface area contributed by atoms with E-state index in [1.165, 1.54) is 0 Å². The molecule has 0 heterocycles. The molecule has 1 aromatic carbocycles. The van der Waals surface area contributed by atoms with Crippen molar-refractivity contribution in [2.24, 2.45) is 5.41 Å². The molecule has 2 rings (SSSR count). The Morgan fingerprint density at radius 2 is 1.76 bits per heavy atom. The molecule has 2 amide bonds. The number of carboxylic acid groups (broad SMARTS) is 1. The molecular weight excluding hydrogens is 320 g/mol. The first-order chi connectivity index (χ1) is 11.9. The number of anilines is 1. The number of carbonyl (C=O) groups is 3. The first-order valence-corrected chi connectivity index (χ1v) is 8.74. The van der Waals surface area contributed by atoms with Crippen LogP contribution in [0.2, 0.25) is 0 Å². The molecule has 0 bridgehead atoms. The van der Waals surface area contributed by atoms with E-state index in [9.17, 15) is 19.5 Å². The molecule has 136 valence electrons. The fourth-order valence-electron chi connectivity index (χ4n) is 3.42. The van der Waals surface area contributed by atoms with Gasteiger partial charge < -0.3 is 15.7 Å². The number of carboxylic acids is 1. The van der Waals surface area contributed by atoms with Gasteiger partial charge in [-0.15, -0.1) is 0 Å². The third-order valence-electron chi connectivity index (χ3n) is 5.01. The van der Waals surface area contributed by atoms with Gasteiger partial charge in [-0.1, -0.05) is 31.7 Å². The lowest BCUT2D eigenvalue weighted by atomic mass is 9.77. The van der Waals surface area contributed by atoms with E-state index in [0.29, 0.717) is 24.1 Å². The van der Waals surface area contributed by atoms with Crippen LogP contribution in [0, 0.1) is 12.3 Å². The van der Waals surface area contributed by atoms with Crippen LogP contribution in [-0.4, -0.2) is 29.9 Å². The smallest absolute Gasteiger partial charge is 0.310 e. The van der Waals surface area contributed by atoms with Crippen LogP contribution in [0.3, 0.4) is 0 Å². The van der Waals surface area contributed by atoms with E-state index in [2.05, 4.69) is 10.6 Å². The standard InChI is InChI=1S/C19H26N2O4/c1-13-7-8-14(17(23)20-2)11-15(13)21-16(22)12-19(18(24)25)9-5-3-4-6-10-19/h7-8,11H,3-6,9-10,12H2,1-2H3,(H,20,23)(H,21,22)(H,24,25). The lowest BCUT2D eigenvalue weighted by molar-refractivity contribution is -0.152. The molecule has 0 aliphatic heterocycles. The maximum atomic E-state index is 12.5. The Balaban J connectivity index is 2.15. The van der Waals surface area contributed by atoms with Crippen molar-refractivity contribution < 1.29 is 19.5 Å². The van der Waals surface area contributed by atoms with E-state index in [1.807, 2.05) is 6.92 Å². The maximum absolute atomic E-state index is 12.5. The van der Waals surface area contributed by atoms with Crippen LogP contribution in [0.25, 0.3) is 0 Å². The van der Waals surface area contributed by atoms with E-state index in [1.54, 1.807) is 25.2 Å². The molecule has 0 spiro atoms. The summed E-state index contributed by atoms with van der Waals surface area (Å²) in [5, 5.41) is 15.0. The predicted molar refractivity (Wildman–Crippen MR) is 95.6 cm³/mol. The Morgan fingerprint density at radius 3 is 2.32 bits per heavy atom. The zero-order chi connectivity index (χ0) is 18.4. The van der Waals surface area contributed by atoms with Gasteiger partial charge in [0.2, 0.25) is 5.91 Å². The van der Waals surface area contributed by atoms with Crippen LogP contribution in [0.5, 0.6) is 0 Å². The minimum Gasteiger partial charge on any atom is -0.481 e. The number of aliphatic carboxylic acids is 1. The summed E-state index contributed by atoms with van der Waals surface area (Å²) in [5.41, 5.74) is 0.838. The first-order valence-electron chi connectivity index (χ1n) is 8.74. The second kappa shape index (κ2) is 8.14. The Kier molecular flexibility index (Phi) is 6.17. The highest BCUT2D eigenvalue weighted by molar-refractivity contribution is 5.98. The molecular formula is C19H26N2O4. The quantitative estimate of drug-likeness (QED) is 0.714. The molecule has 1 aromatic rings. The summed E-state index contributed by atoms with van der Waals surface area (Å²) in [6.07, 6.45) is 4.75. The predicted octanol–water partition coefficient (Wildman–Crippen LogP) is 3.11. The summed E-state index contributed by atoms with van der Waals surface area (Å²) in [7, 11) is 1.54. The van der Waals surface area contributed by atoms with E-state index in [4.69, 9.17) is 0 Å². The van der Waals surface area contributed by atoms with Crippen LogP contribution in [0.4, 0.5) is 5.69 Å². The molecule has 0 aromatic heterocycles. The number of carbonyl (C=O) groups excluding carboxylic acids is 2. The molecule has 6 heteroatoms. The summed E-state index contributed by atoms with van der Waals surface area (Å²) in [6, 6.07) is 5.07. The van der Waals surface area contributed by atoms with Gasteiger partial charge in [0, 0.05) is 24.7 Å². The van der Waals surface area contributed by atoms with Crippen LogP contribution >= 0.6 is 0 Å². The van der Waals surface area contributed by atoms with Gasteiger partial charge in [-0.2, -0.15) is 0 Å². The van der Waals surface area contributed by atoms with Crippen molar-refractivity contribution in [3.63, 3.8) is 0 Å². The van der Waals surface area contributed by atoms with Gasteiger partial charge in [0.05, 0.1) is 5.41 Å². The van der Waals surface area contributed by atoms with Crippen LogP contribution in [0.1, 0.15) is 60.9 Å². The normalized spacial score (nSPS) is 16.6. The summed E-state index contributed by atoms with van der Waals surface area (Å²) >= 11 is 0. The van der Waals surface area contributed by atoms with Crippen molar-refractivity contribution in [1.29, 1.82) is 0 Å². The molecule has 25 heavy (non-hydrogen) atoms. The average molecular weight is 346 g/mol. The molecule has 3 N–H and O–H groups in total. The Hall–Kier alpha value is -2.37. The highest BCUT2D eigenvalue weighted by Crippen LogP contribution is 2.38. The number of nitrogens with one attached hydrogen (secondary N) is 2. The monoisotopic (exact) mass is 346 g/mol. The Morgan fingerprint density at radius 1 is 1.12 bits per heavy atom. The minimum atomic E-state index is -0.979. The molecule has 1 fully saturated rings. The van der Waals surface area contributed by atoms with Crippen LogP contribution in [0.15, 0.2) is 18.2 Å². The highest BCUT2D eigenvalue weighted by Gasteiger charge is 2.40. The third-order valence-corrected chi connectivity index (χ3v) is 5.01. The molecule has 6 nitrogen and oxygen atoms in total. The molecule has 0 saturated heterocycles. The third kappa shape index (κ3) is 4.59. The zero-order valence-electron chi connectivity index (χ0n) is 14.9. The van der Waals surface area contributed by atoms with E-state index < -0.39 is 11.4 Å². The maximum Gasteiger partial charge on any atom is 0.310 e. The number of hydrogen-bond acceptors (Lipinski definition) is 3. The summed E-state index contributed by atoms with van der Waals surface area (Å²) in [6.45, 7) is 1.84. The summed E-state index contributed by atoms with van der Waals surface area (Å²) < 4.78 is 0. The molecule has 1 saturated carbocycles. The Labute approximate surface area is 148 Å². The zero-order valence-corrected chi connectivity index (χ0v) is 14.9. The fraction of sp³-hybridized carbons (Fsp3) is 0.526. The van der Waals surface area contributed by atoms with Gasteiger partial charge >= 0.3 is 5.97 Å². The topological polar surface area (TPSA) is 95.5 Å². The SMILES string of the molecule is CNC(=O)c1ccc(C)c(NC(=O)CC2(C(=O)O)CCCCCC2)c1. The number of benzene rings is 1. The average Bonchev–Trinajstić information content (AvgIpc) is 2.82. The number of hydrogen-bond donors (Lipinski definition) is 3. The van der Waals surface area contributed by atoms with Crippen molar-refractivity contribution >= 4 is 23.5 Å². The number of amides is 2. The van der Waals surface area contributed by atoms with Gasteiger partial charge in [0.1, 0.15) is 0 Å². The fourth-order valence-corrected chi connectivity index (χ4v) is 3.42. The molecule has 0 unspecified atom stereocenters. The van der Waals surface area contributed by atoms with Gasteiger partial charge in [0.15, 0.2) is 0 Å². The number of rotatable bonds is 5. The summed E-state index contributed by atoms with van der Waals surface area (Å²) in [5.74, 6) is -1.44. The minimum absolute atomic E-state index is 0.0357. The second-order valence-corrected chi connectivity index (χ2v) is 6.83. The second-order valence-electron chi connectivity index (χ2n) is 6.83. The van der Waals surface area contributed by atoms with Gasteiger partial charge in [-0.25, -0.2) is 0 Å². The van der Waals surface area contributed by atoms with Crippen LogP contribution in [-0.2, 0) is 9.59 Å². The lowest BCUT2D eigenvalue weighted by Gasteiger charge is -2.27. The van der Waals surface area contributed by atoms with Crippen molar-refractivity contribution in [3.05, 3.63) is 29.3 Å². The van der Waals surface area contributed by atoms with Crippen molar-refractivity contribution in [2.45, 2.75) is 51.9 Å². The lowest BCUT2D eigenvalue weighted by Crippen LogP contribution is -2.35. The van der Waals surface area contributed by atoms with E-state index in [0.717, 1.165) is 31.2 Å². The largest absolute Gasteiger partial charge is 0.481 e. The molecule has 1 aliphatic carbocycles. The summed E-state index contributed by atoms with van der Waals surface area (Å²) in [4.78, 5) is 36.1. The van der Waals surface area contributed by atoms with Crippen molar-refractivity contribution in [3.8, 4) is 0 Å². The highest BCUT2D eigenvalue weighted by atomic mass is 16.4. The molecule has 0 atom stereocenters. The van der Waals surface area contributed by atoms with Crippen molar-refractivity contribution in [2.75, 3.05) is 12.4 Å². The van der Waals surface area contributed by atoms with Crippen LogP contribution < -0.4 is 10.6 Å². The Bertz CT molecular complexity index is 661. The van der Waals surface area contributed by atoms with Crippen molar-refractivity contribution in [1.82, 2.24) is 5.32 Å². The van der Waals surface area contributed by atoms with Gasteiger partial charge in [0.25, 0.3) is 5.91 Å². The molecule has 1 aliphatic rings. The van der Waals surface area contributed by atoms with Gasteiger partial charge in [-0.05, 0) is 37.5 Å².